The Hall–Kier alpha value is -2.57. The van der Waals surface area contributed by atoms with Gasteiger partial charge in [-0.15, -0.1) is 11.3 Å². The highest BCUT2D eigenvalue weighted by atomic mass is 35.5. The molecule has 7 heteroatoms. The van der Waals surface area contributed by atoms with Crippen molar-refractivity contribution in [3.05, 3.63) is 75.5 Å². The molecule has 2 aromatic carbocycles. The van der Waals surface area contributed by atoms with Crippen LogP contribution in [0.3, 0.4) is 0 Å². The van der Waals surface area contributed by atoms with Crippen molar-refractivity contribution in [1.82, 2.24) is 4.98 Å². The maximum absolute atomic E-state index is 14.3. The number of hydrogen-bond acceptors (Lipinski definition) is 4. The first-order chi connectivity index (χ1) is 12.1. The van der Waals surface area contributed by atoms with Gasteiger partial charge in [-0.05, 0) is 17.7 Å². The molecule has 124 valence electrons. The molecular weight excluding hydrogens is 361 g/mol. The summed E-state index contributed by atoms with van der Waals surface area (Å²) in [5.74, 6) is -0.784. The summed E-state index contributed by atoms with van der Waals surface area (Å²) in [6.45, 7) is 0. The van der Waals surface area contributed by atoms with Gasteiger partial charge in [0.25, 0.3) is 5.91 Å². The van der Waals surface area contributed by atoms with Crippen molar-refractivity contribution in [1.29, 1.82) is 0 Å². The van der Waals surface area contributed by atoms with E-state index in [-0.39, 0.29) is 10.9 Å². The number of thiazole rings is 1. The van der Waals surface area contributed by atoms with Crippen molar-refractivity contribution in [3.8, 4) is 0 Å². The minimum absolute atomic E-state index is 0.0536. The highest BCUT2D eigenvalue weighted by Gasteiger charge is 2.24. The molecule has 1 aliphatic rings. The van der Waals surface area contributed by atoms with Gasteiger partial charge in [-0.2, -0.15) is 0 Å². The van der Waals surface area contributed by atoms with Crippen LogP contribution in [0.2, 0.25) is 5.02 Å². The van der Waals surface area contributed by atoms with E-state index in [1.807, 2.05) is 6.07 Å². The second kappa shape index (κ2) is 6.38. The molecule has 1 N–H and O–H groups in total. The van der Waals surface area contributed by atoms with Gasteiger partial charge in [-0.3, -0.25) is 15.1 Å². The van der Waals surface area contributed by atoms with Gasteiger partial charge in [0.2, 0.25) is 0 Å². The van der Waals surface area contributed by atoms with Gasteiger partial charge in [-0.25, -0.2) is 9.37 Å². The Morgan fingerprint density at radius 2 is 2.08 bits per heavy atom. The van der Waals surface area contributed by atoms with E-state index < -0.39 is 5.82 Å². The summed E-state index contributed by atoms with van der Waals surface area (Å²) in [4.78, 5) is 21.1. The Balaban J connectivity index is 1.71. The number of halogens is 2. The summed E-state index contributed by atoms with van der Waals surface area (Å²) in [6.07, 6.45) is 2.07. The van der Waals surface area contributed by atoms with Gasteiger partial charge >= 0.3 is 0 Å². The zero-order valence-electron chi connectivity index (χ0n) is 12.8. The predicted molar refractivity (Wildman–Crippen MR) is 97.8 cm³/mol. The number of carbonyl (C=O) groups excluding carboxylic acids is 1. The summed E-state index contributed by atoms with van der Waals surface area (Å²) in [5.41, 5.74) is 2.79. The average molecular weight is 372 g/mol. The molecule has 0 saturated heterocycles. The number of benzene rings is 2. The van der Waals surface area contributed by atoms with E-state index in [1.165, 1.54) is 17.4 Å². The number of hydrogen-bond donors (Lipinski definition) is 1. The molecule has 0 saturated carbocycles. The number of amides is 1. The molecular formula is C18H11ClFN3OS. The van der Waals surface area contributed by atoms with E-state index in [0.29, 0.717) is 34.1 Å². The maximum atomic E-state index is 14.3. The molecule has 4 nitrogen and oxygen atoms in total. The second-order valence-electron chi connectivity index (χ2n) is 5.44. The van der Waals surface area contributed by atoms with Gasteiger partial charge in [0.1, 0.15) is 0 Å². The molecule has 0 unspecified atom stereocenters. The fraction of sp³-hybridized carbons (Fsp3) is 0.0556. The smallest absolute Gasteiger partial charge is 0.259 e. The van der Waals surface area contributed by atoms with Gasteiger partial charge < -0.3 is 0 Å². The van der Waals surface area contributed by atoms with Crippen LogP contribution in [0.1, 0.15) is 21.5 Å². The third-order valence-corrected chi connectivity index (χ3v) is 4.86. The molecule has 0 spiro atoms. The number of fused-ring (bicyclic) bond motifs is 1. The predicted octanol–water partition coefficient (Wildman–Crippen LogP) is 4.86. The van der Waals surface area contributed by atoms with Crippen LogP contribution in [-0.2, 0) is 6.42 Å². The van der Waals surface area contributed by atoms with Crippen molar-refractivity contribution in [2.24, 2.45) is 4.99 Å². The van der Waals surface area contributed by atoms with Crippen molar-refractivity contribution >= 4 is 45.4 Å². The number of rotatable bonds is 3. The number of anilines is 1. The fourth-order valence-electron chi connectivity index (χ4n) is 2.74. The Labute approximate surface area is 152 Å². The molecule has 1 aromatic heterocycles. The number of para-hydroxylation sites is 1. The fourth-order valence-corrected chi connectivity index (χ4v) is 3.43. The SMILES string of the molecule is O=C(Nc1nccs1)c1cccc2c1N=C(c1cccc(Cl)c1F)C2. The lowest BCUT2D eigenvalue weighted by atomic mass is 10.0. The van der Waals surface area contributed by atoms with E-state index in [2.05, 4.69) is 15.3 Å². The Bertz CT molecular complexity index is 1000. The summed E-state index contributed by atoms with van der Waals surface area (Å²) in [7, 11) is 0. The first-order valence-electron chi connectivity index (χ1n) is 7.48. The molecule has 0 aliphatic carbocycles. The van der Waals surface area contributed by atoms with Crippen LogP contribution in [-0.4, -0.2) is 16.6 Å². The molecule has 1 aliphatic heterocycles. The molecule has 0 fully saturated rings. The molecule has 3 aromatic rings. The zero-order chi connectivity index (χ0) is 17.4. The van der Waals surface area contributed by atoms with Gasteiger partial charge in [0.15, 0.2) is 10.9 Å². The third kappa shape index (κ3) is 2.94. The van der Waals surface area contributed by atoms with Crippen LogP contribution >= 0.6 is 22.9 Å². The van der Waals surface area contributed by atoms with Crippen molar-refractivity contribution in [2.75, 3.05) is 5.32 Å². The van der Waals surface area contributed by atoms with Crippen LogP contribution in [0.5, 0.6) is 0 Å². The lowest BCUT2D eigenvalue weighted by Gasteiger charge is -2.05. The van der Waals surface area contributed by atoms with E-state index in [9.17, 15) is 9.18 Å². The van der Waals surface area contributed by atoms with Crippen LogP contribution in [0.15, 0.2) is 53.0 Å². The Morgan fingerprint density at radius 3 is 2.88 bits per heavy atom. The van der Waals surface area contributed by atoms with Gasteiger partial charge in [0.05, 0.1) is 22.0 Å². The minimum Gasteiger partial charge on any atom is -0.298 e. The number of nitrogens with zero attached hydrogens (tertiary/aromatic N) is 2. The van der Waals surface area contributed by atoms with Crippen LogP contribution in [0, 0.1) is 5.82 Å². The molecule has 4 rings (SSSR count). The first kappa shape index (κ1) is 15.9. The summed E-state index contributed by atoms with van der Waals surface area (Å²) in [6, 6.07) is 10.2. The van der Waals surface area contributed by atoms with Crippen LogP contribution in [0.25, 0.3) is 0 Å². The largest absolute Gasteiger partial charge is 0.298 e. The van der Waals surface area contributed by atoms with Crippen LogP contribution < -0.4 is 5.32 Å². The number of nitrogens with one attached hydrogen (secondary N) is 1. The molecule has 2 heterocycles. The lowest BCUT2D eigenvalue weighted by Crippen LogP contribution is -2.11. The quantitative estimate of drug-likeness (QED) is 0.714. The average Bonchev–Trinajstić information content (AvgIpc) is 3.26. The summed E-state index contributed by atoms with van der Waals surface area (Å²) in [5, 5.41) is 5.10. The number of carbonyl (C=O) groups is 1. The highest BCUT2D eigenvalue weighted by molar-refractivity contribution is 7.13. The zero-order valence-corrected chi connectivity index (χ0v) is 14.4. The Morgan fingerprint density at radius 1 is 1.24 bits per heavy atom. The Kier molecular flexibility index (Phi) is 4.07. The maximum Gasteiger partial charge on any atom is 0.259 e. The minimum atomic E-state index is -0.496. The van der Waals surface area contributed by atoms with E-state index in [0.717, 1.165) is 5.56 Å². The molecule has 25 heavy (non-hydrogen) atoms. The molecule has 0 radical (unpaired) electrons. The van der Waals surface area contributed by atoms with Crippen LogP contribution in [0.4, 0.5) is 15.2 Å². The lowest BCUT2D eigenvalue weighted by molar-refractivity contribution is 0.102. The normalized spacial score (nSPS) is 12.6. The number of aliphatic imine (C=N–C) groups is 1. The number of aromatic nitrogens is 1. The second-order valence-corrected chi connectivity index (χ2v) is 6.74. The van der Waals surface area contributed by atoms with Crippen molar-refractivity contribution in [2.45, 2.75) is 6.42 Å². The highest BCUT2D eigenvalue weighted by Crippen LogP contribution is 2.34. The molecule has 1 amide bonds. The van der Waals surface area contributed by atoms with Gasteiger partial charge in [0, 0.05) is 23.6 Å². The first-order valence-corrected chi connectivity index (χ1v) is 8.74. The van der Waals surface area contributed by atoms with Crippen molar-refractivity contribution < 1.29 is 9.18 Å². The third-order valence-electron chi connectivity index (χ3n) is 3.88. The molecule has 0 bridgehead atoms. The van der Waals surface area contributed by atoms with Gasteiger partial charge in [-0.1, -0.05) is 35.9 Å². The monoisotopic (exact) mass is 371 g/mol. The van der Waals surface area contributed by atoms with E-state index >= 15 is 0 Å². The summed E-state index contributed by atoms with van der Waals surface area (Å²) >= 11 is 7.20. The van der Waals surface area contributed by atoms with E-state index in [4.69, 9.17) is 11.6 Å². The van der Waals surface area contributed by atoms with E-state index in [1.54, 1.807) is 35.8 Å². The summed E-state index contributed by atoms with van der Waals surface area (Å²) < 4.78 is 14.3. The standard InChI is InChI=1S/C18H11ClFN3OS/c19-13-6-2-4-11(15(13)20)14-9-10-3-1-5-12(16(10)22-14)17(24)23-18-21-7-8-25-18/h1-8H,9H2,(H,21,23,24). The topological polar surface area (TPSA) is 54.4 Å². The van der Waals surface area contributed by atoms with Crippen molar-refractivity contribution in [3.63, 3.8) is 0 Å². The molecule has 0 atom stereocenters.